The van der Waals surface area contributed by atoms with Crippen LogP contribution < -0.4 is 31.8 Å². The summed E-state index contributed by atoms with van der Waals surface area (Å²) >= 11 is 0. The SMILES string of the molecule is O=P(c1ccccc1)(c1ccccc1)c1cc(-c2ccccc2)cc(P(=O)(c2ccccc2)c2ccccc2)c1-c1ccccc1. The smallest absolute Gasteiger partial charge is 0.171 e. The van der Waals surface area contributed by atoms with Crippen molar-refractivity contribution in [2.45, 2.75) is 0 Å². The fraction of sp³-hybridized carbons (Fsp3) is 0. The summed E-state index contributed by atoms with van der Waals surface area (Å²) in [6.45, 7) is 0. The number of hydrogen-bond acceptors (Lipinski definition) is 2. The Labute approximate surface area is 270 Å². The molecule has 0 aliphatic carbocycles. The zero-order chi connectivity index (χ0) is 31.4. The van der Waals surface area contributed by atoms with E-state index in [2.05, 4.69) is 24.3 Å². The first-order valence-electron chi connectivity index (χ1n) is 15.3. The Morgan fingerprint density at radius 3 is 0.848 bits per heavy atom. The quantitative estimate of drug-likeness (QED) is 0.158. The van der Waals surface area contributed by atoms with E-state index in [1.807, 2.05) is 170 Å². The second kappa shape index (κ2) is 12.8. The van der Waals surface area contributed by atoms with E-state index in [1.165, 1.54) is 0 Å². The van der Waals surface area contributed by atoms with Crippen molar-refractivity contribution in [1.29, 1.82) is 0 Å². The maximum atomic E-state index is 16.3. The third-order valence-electron chi connectivity index (χ3n) is 8.42. The first-order valence-corrected chi connectivity index (χ1v) is 18.7. The fourth-order valence-corrected chi connectivity index (χ4v) is 12.1. The van der Waals surface area contributed by atoms with Crippen molar-refractivity contribution in [1.82, 2.24) is 0 Å². The van der Waals surface area contributed by atoms with Crippen LogP contribution in [0.1, 0.15) is 0 Å². The molecule has 0 atom stereocenters. The number of rotatable bonds is 8. The molecule has 0 saturated carbocycles. The highest BCUT2D eigenvalue weighted by atomic mass is 31.2. The van der Waals surface area contributed by atoms with Gasteiger partial charge in [0.25, 0.3) is 0 Å². The lowest BCUT2D eigenvalue weighted by Gasteiger charge is -2.29. The highest BCUT2D eigenvalue weighted by Crippen LogP contribution is 2.51. The van der Waals surface area contributed by atoms with Crippen LogP contribution in [0.15, 0.2) is 194 Å². The molecule has 7 aromatic rings. The summed E-state index contributed by atoms with van der Waals surface area (Å²) in [6.07, 6.45) is 0. The summed E-state index contributed by atoms with van der Waals surface area (Å²) in [5.41, 5.74) is 3.44. The van der Waals surface area contributed by atoms with Crippen molar-refractivity contribution in [3.05, 3.63) is 194 Å². The van der Waals surface area contributed by atoms with Crippen LogP contribution in [0.5, 0.6) is 0 Å². The van der Waals surface area contributed by atoms with E-state index in [0.29, 0.717) is 10.6 Å². The van der Waals surface area contributed by atoms with E-state index >= 15 is 9.13 Å². The lowest BCUT2D eigenvalue weighted by atomic mass is 10.00. The molecule has 46 heavy (non-hydrogen) atoms. The molecule has 0 spiro atoms. The summed E-state index contributed by atoms with van der Waals surface area (Å²) in [7, 11) is -7.06. The molecule has 0 aliphatic heterocycles. The molecule has 0 saturated heterocycles. The van der Waals surface area contributed by atoms with Gasteiger partial charge >= 0.3 is 0 Å². The van der Waals surface area contributed by atoms with Gasteiger partial charge in [0.15, 0.2) is 14.3 Å². The molecule has 0 radical (unpaired) electrons. The Morgan fingerprint density at radius 2 is 0.543 bits per heavy atom. The Balaban J connectivity index is 1.71. The molecule has 222 valence electrons. The van der Waals surface area contributed by atoms with Gasteiger partial charge in [0, 0.05) is 37.4 Å². The lowest BCUT2D eigenvalue weighted by molar-refractivity contribution is 0.592. The average molecular weight is 631 g/mol. The summed E-state index contributed by atoms with van der Waals surface area (Å²) in [5.74, 6) is 0. The molecule has 0 heterocycles. The normalized spacial score (nSPS) is 11.7. The monoisotopic (exact) mass is 630 g/mol. The maximum Gasteiger partial charge on any atom is 0.171 e. The van der Waals surface area contributed by atoms with Crippen LogP contribution in [0, 0.1) is 0 Å². The summed E-state index contributed by atoms with van der Waals surface area (Å²) < 4.78 is 32.5. The zero-order valence-corrected chi connectivity index (χ0v) is 27.0. The third kappa shape index (κ3) is 5.31. The number of benzene rings is 7. The largest absolute Gasteiger partial charge is 0.309 e. The van der Waals surface area contributed by atoms with Crippen LogP contribution in [0.4, 0.5) is 0 Å². The van der Waals surface area contributed by atoms with Gasteiger partial charge in [-0.15, -0.1) is 0 Å². The van der Waals surface area contributed by atoms with Gasteiger partial charge in [-0.3, -0.25) is 0 Å². The average Bonchev–Trinajstić information content (AvgIpc) is 3.16. The predicted molar refractivity (Wildman–Crippen MR) is 196 cm³/mol. The topological polar surface area (TPSA) is 34.1 Å². The van der Waals surface area contributed by atoms with Crippen molar-refractivity contribution in [2.75, 3.05) is 0 Å². The Kier molecular flexibility index (Phi) is 8.25. The van der Waals surface area contributed by atoms with Crippen LogP contribution in [-0.2, 0) is 9.13 Å². The van der Waals surface area contributed by atoms with E-state index in [-0.39, 0.29) is 0 Å². The fourth-order valence-electron chi connectivity index (χ4n) is 6.21. The van der Waals surface area contributed by atoms with Gasteiger partial charge in [0.05, 0.1) is 0 Å². The Hall–Kier alpha value is -5.00. The molecule has 0 unspecified atom stereocenters. The van der Waals surface area contributed by atoms with Crippen LogP contribution in [0.2, 0.25) is 0 Å². The van der Waals surface area contributed by atoms with Crippen LogP contribution in [0.25, 0.3) is 22.3 Å². The Morgan fingerprint density at radius 1 is 0.283 bits per heavy atom. The molecule has 0 bridgehead atoms. The van der Waals surface area contributed by atoms with Gasteiger partial charge in [-0.1, -0.05) is 182 Å². The maximum absolute atomic E-state index is 16.3. The van der Waals surface area contributed by atoms with Gasteiger partial charge in [0.1, 0.15) is 0 Å². The van der Waals surface area contributed by atoms with Crippen LogP contribution in [0.3, 0.4) is 0 Å². The van der Waals surface area contributed by atoms with E-state index in [9.17, 15) is 0 Å². The second-order valence-corrected chi connectivity index (χ2v) is 16.6. The molecule has 0 amide bonds. The molecule has 0 aromatic heterocycles. The minimum atomic E-state index is -3.53. The molecule has 7 aromatic carbocycles. The van der Waals surface area contributed by atoms with Crippen molar-refractivity contribution < 1.29 is 9.13 Å². The van der Waals surface area contributed by atoms with Crippen molar-refractivity contribution in [3.8, 4) is 22.3 Å². The van der Waals surface area contributed by atoms with E-state index < -0.39 is 14.3 Å². The minimum Gasteiger partial charge on any atom is -0.309 e. The van der Waals surface area contributed by atoms with Gasteiger partial charge in [0.2, 0.25) is 0 Å². The lowest BCUT2D eigenvalue weighted by Crippen LogP contribution is -2.33. The van der Waals surface area contributed by atoms with E-state index in [0.717, 1.165) is 43.5 Å². The van der Waals surface area contributed by atoms with Crippen LogP contribution in [-0.4, -0.2) is 0 Å². The molecule has 0 fully saturated rings. The van der Waals surface area contributed by atoms with Crippen molar-refractivity contribution in [3.63, 3.8) is 0 Å². The summed E-state index contributed by atoms with van der Waals surface area (Å²) in [4.78, 5) is 0. The third-order valence-corrected chi connectivity index (χ3v) is 14.6. The van der Waals surface area contributed by atoms with Crippen LogP contribution >= 0.6 is 14.3 Å². The van der Waals surface area contributed by atoms with E-state index in [1.54, 1.807) is 0 Å². The molecule has 0 N–H and O–H groups in total. The van der Waals surface area contributed by atoms with Gasteiger partial charge in [-0.05, 0) is 28.8 Å². The zero-order valence-electron chi connectivity index (χ0n) is 25.2. The van der Waals surface area contributed by atoms with E-state index in [4.69, 9.17) is 0 Å². The standard InChI is InChI=1S/C42H32O2P2/c43-45(36-23-11-3-12-24-36,37-25-13-4-14-26-37)40-31-35(33-19-7-1-8-20-33)32-41(42(40)34-21-9-2-10-22-34)46(44,38-27-15-5-16-28-38)39-29-17-6-18-30-39/h1-32H. The van der Waals surface area contributed by atoms with Gasteiger partial charge in [-0.25, -0.2) is 0 Å². The molecular weight excluding hydrogens is 598 g/mol. The molecule has 0 aliphatic rings. The molecular formula is C42H32O2P2. The number of hydrogen-bond donors (Lipinski definition) is 0. The second-order valence-electron chi connectivity index (χ2n) is 11.2. The molecule has 2 nitrogen and oxygen atoms in total. The summed E-state index contributed by atoms with van der Waals surface area (Å²) in [5, 5.41) is 4.24. The predicted octanol–water partition coefficient (Wildman–Crippen LogP) is 8.30. The van der Waals surface area contributed by atoms with Gasteiger partial charge in [-0.2, -0.15) is 0 Å². The van der Waals surface area contributed by atoms with Crippen molar-refractivity contribution in [2.24, 2.45) is 0 Å². The highest BCUT2D eigenvalue weighted by molar-refractivity contribution is 7.87. The first kappa shape index (κ1) is 29.7. The Bertz CT molecular complexity index is 1960. The van der Waals surface area contributed by atoms with Gasteiger partial charge < -0.3 is 9.13 Å². The molecule has 4 heteroatoms. The first-order chi connectivity index (χ1) is 22.6. The minimum absolute atomic E-state index is 0.666. The molecule has 7 rings (SSSR count). The van der Waals surface area contributed by atoms with Crippen molar-refractivity contribution >= 4 is 46.1 Å². The highest BCUT2D eigenvalue weighted by Gasteiger charge is 2.39. The summed E-state index contributed by atoms with van der Waals surface area (Å²) in [6, 6.07) is 63.1.